The normalized spacial score (nSPS) is 18.0. The van der Waals surface area contributed by atoms with Crippen molar-refractivity contribution in [1.82, 2.24) is 10.2 Å². The smallest absolute Gasteiger partial charge is 0.253 e. The lowest BCUT2D eigenvalue weighted by atomic mass is 9.87. The number of carbonyl (C=O) groups excluding carboxylic acids is 2. The maximum atomic E-state index is 13.2. The van der Waals surface area contributed by atoms with Gasteiger partial charge in [-0.05, 0) is 36.6 Å². The van der Waals surface area contributed by atoms with E-state index < -0.39 is 0 Å². The zero-order valence-corrected chi connectivity index (χ0v) is 19.8. The van der Waals surface area contributed by atoms with E-state index in [4.69, 9.17) is 21.1 Å². The molecule has 6 nitrogen and oxygen atoms in total. The first-order chi connectivity index (χ1) is 15.3. The summed E-state index contributed by atoms with van der Waals surface area (Å²) in [6.45, 7) is 5.60. The third-order valence-corrected chi connectivity index (χ3v) is 6.11. The van der Waals surface area contributed by atoms with Gasteiger partial charge in [0.2, 0.25) is 5.91 Å². The molecule has 1 saturated heterocycles. The molecule has 1 N–H and O–H groups in total. The monoisotopic (exact) mass is 458 g/mol. The Labute approximate surface area is 194 Å². The minimum absolute atomic E-state index is 0.0464. The number of likely N-dealkylation sites (tertiary alicyclic amines) is 1. The van der Waals surface area contributed by atoms with E-state index in [2.05, 4.69) is 19.2 Å². The van der Waals surface area contributed by atoms with Crippen molar-refractivity contribution in [1.29, 1.82) is 0 Å². The maximum absolute atomic E-state index is 13.2. The van der Waals surface area contributed by atoms with Crippen LogP contribution in [0.15, 0.2) is 42.5 Å². The molecule has 2 aromatic carbocycles. The molecule has 2 amide bonds. The summed E-state index contributed by atoms with van der Waals surface area (Å²) in [6.07, 6.45) is 0.903. The average Bonchev–Trinajstić information content (AvgIpc) is 3.23. The van der Waals surface area contributed by atoms with Gasteiger partial charge in [-0.15, -0.1) is 0 Å². The van der Waals surface area contributed by atoms with E-state index in [1.54, 1.807) is 43.4 Å². The Kier molecular flexibility index (Phi) is 8.02. The Morgan fingerprint density at radius 3 is 2.56 bits per heavy atom. The van der Waals surface area contributed by atoms with E-state index in [0.717, 1.165) is 12.0 Å². The van der Waals surface area contributed by atoms with Crippen molar-refractivity contribution in [3.05, 3.63) is 58.6 Å². The molecule has 172 valence electrons. The van der Waals surface area contributed by atoms with Crippen molar-refractivity contribution in [2.75, 3.05) is 33.9 Å². The molecule has 1 heterocycles. The molecule has 1 aliphatic rings. The fourth-order valence-electron chi connectivity index (χ4n) is 4.09. The van der Waals surface area contributed by atoms with Gasteiger partial charge in [-0.3, -0.25) is 9.59 Å². The van der Waals surface area contributed by atoms with Gasteiger partial charge in [0.05, 0.1) is 20.1 Å². The third-order valence-electron chi connectivity index (χ3n) is 5.88. The number of halogens is 1. The Balaban J connectivity index is 1.89. The average molecular weight is 459 g/mol. The summed E-state index contributed by atoms with van der Waals surface area (Å²) < 4.78 is 10.9. The summed E-state index contributed by atoms with van der Waals surface area (Å²) in [6, 6.07) is 12.5. The fourth-order valence-corrected chi connectivity index (χ4v) is 4.28. The molecule has 0 aliphatic carbocycles. The molecule has 7 heteroatoms. The van der Waals surface area contributed by atoms with Crippen molar-refractivity contribution in [2.24, 2.45) is 11.8 Å². The van der Waals surface area contributed by atoms with E-state index in [9.17, 15) is 9.59 Å². The van der Waals surface area contributed by atoms with E-state index in [1.807, 2.05) is 18.2 Å². The number of amides is 2. The van der Waals surface area contributed by atoms with Crippen LogP contribution in [0.4, 0.5) is 0 Å². The van der Waals surface area contributed by atoms with Gasteiger partial charge in [0.1, 0.15) is 11.5 Å². The van der Waals surface area contributed by atoms with Gasteiger partial charge in [-0.25, -0.2) is 0 Å². The van der Waals surface area contributed by atoms with Crippen LogP contribution < -0.4 is 14.8 Å². The number of rotatable bonds is 8. The first kappa shape index (κ1) is 23.9. The fraction of sp³-hybridized carbons (Fsp3) is 0.440. The number of methoxy groups -OCH3 is 2. The van der Waals surface area contributed by atoms with Crippen molar-refractivity contribution in [2.45, 2.75) is 26.2 Å². The molecule has 0 aromatic heterocycles. The molecule has 0 bridgehead atoms. The zero-order valence-electron chi connectivity index (χ0n) is 19.1. The Morgan fingerprint density at radius 1 is 1.12 bits per heavy atom. The van der Waals surface area contributed by atoms with Gasteiger partial charge in [-0.2, -0.15) is 0 Å². The zero-order chi connectivity index (χ0) is 23.3. The van der Waals surface area contributed by atoms with Crippen LogP contribution in [-0.2, 0) is 4.79 Å². The molecule has 2 aromatic rings. The summed E-state index contributed by atoms with van der Waals surface area (Å²) in [4.78, 5) is 28.1. The summed E-state index contributed by atoms with van der Waals surface area (Å²) in [5, 5.41) is 3.57. The van der Waals surface area contributed by atoms with Crippen LogP contribution in [0, 0.1) is 11.8 Å². The highest BCUT2D eigenvalue weighted by Crippen LogP contribution is 2.39. The lowest BCUT2D eigenvalue weighted by molar-refractivity contribution is -0.124. The van der Waals surface area contributed by atoms with Gasteiger partial charge in [0, 0.05) is 47.8 Å². The lowest BCUT2D eigenvalue weighted by Crippen LogP contribution is -2.36. The third kappa shape index (κ3) is 5.54. The SMILES string of the molecule is COc1ccc([C@H]2CN(C(=O)c3cccc(Cl)c3)C[C@H]2C(=O)NCCC(C)C)c(OC)c1. The van der Waals surface area contributed by atoms with Gasteiger partial charge < -0.3 is 19.7 Å². The van der Waals surface area contributed by atoms with Crippen LogP contribution >= 0.6 is 11.6 Å². The maximum Gasteiger partial charge on any atom is 0.253 e. The predicted octanol–water partition coefficient (Wildman–Crippen LogP) is 4.38. The van der Waals surface area contributed by atoms with E-state index in [1.165, 1.54) is 0 Å². The number of hydrogen-bond acceptors (Lipinski definition) is 4. The number of nitrogens with one attached hydrogen (secondary N) is 1. The number of carbonyl (C=O) groups is 2. The second-order valence-corrected chi connectivity index (χ2v) is 8.95. The second kappa shape index (κ2) is 10.7. The summed E-state index contributed by atoms with van der Waals surface area (Å²) in [5.41, 5.74) is 1.40. The van der Waals surface area contributed by atoms with Crippen LogP contribution in [0.3, 0.4) is 0 Å². The quantitative estimate of drug-likeness (QED) is 0.637. The van der Waals surface area contributed by atoms with E-state index in [-0.39, 0.29) is 23.7 Å². The van der Waals surface area contributed by atoms with Crippen LogP contribution in [0.25, 0.3) is 0 Å². The molecule has 1 fully saturated rings. The summed E-state index contributed by atoms with van der Waals surface area (Å²) in [5.74, 6) is 1.06. The first-order valence-corrected chi connectivity index (χ1v) is 11.3. The molecule has 2 atom stereocenters. The highest BCUT2D eigenvalue weighted by atomic mass is 35.5. The Hall–Kier alpha value is -2.73. The van der Waals surface area contributed by atoms with Crippen LogP contribution in [-0.4, -0.2) is 50.6 Å². The van der Waals surface area contributed by atoms with Crippen molar-refractivity contribution in [3.63, 3.8) is 0 Å². The van der Waals surface area contributed by atoms with Gasteiger partial charge in [0.25, 0.3) is 5.91 Å². The number of ether oxygens (including phenoxy) is 2. The molecule has 3 rings (SSSR count). The van der Waals surface area contributed by atoms with Crippen molar-refractivity contribution in [3.8, 4) is 11.5 Å². The topological polar surface area (TPSA) is 67.9 Å². The molecule has 0 unspecified atom stereocenters. The molecular weight excluding hydrogens is 428 g/mol. The van der Waals surface area contributed by atoms with Crippen molar-refractivity contribution >= 4 is 23.4 Å². The van der Waals surface area contributed by atoms with Crippen LogP contribution in [0.2, 0.25) is 5.02 Å². The largest absolute Gasteiger partial charge is 0.497 e. The molecule has 32 heavy (non-hydrogen) atoms. The van der Waals surface area contributed by atoms with Crippen LogP contribution in [0.5, 0.6) is 11.5 Å². The summed E-state index contributed by atoms with van der Waals surface area (Å²) in [7, 11) is 3.19. The van der Waals surface area contributed by atoms with E-state index in [0.29, 0.717) is 47.6 Å². The Morgan fingerprint density at radius 2 is 1.91 bits per heavy atom. The minimum atomic E-state index is -0.382. The van der Waals surface area contributed by atoms with Gasteiger partial charge in [0.15, 0.2) is 0 Å². The number of nitrogens with zero attached hydrogens (tertiary/aromatic N) is 1. The molecule has 0 spiro atoms. The first-order valence-electron chi connectivity index (χ1n) is 10.9. The lowest BCUT2D eigenvalue weighted by Gasteiger charge is -2.21. The minimum Gasteiger partial charge on any atom is -0.497 e. The summed E-state index contributed by atoms with van der Waals surface area (Å²) >= 11 is 6.09. The second-order valence-electron chi connectivity index (χ2n) is 8.51. The van der Waals surface area contributed by atoms with Crippen molar-refractivity contribution < 1.29 is 19.1 Å². The van der Waals surface area contributed by atoms with Gasteiger partial charge in [-0.1, -0.05) is 37.6 Å². The molecule has 0 radical (unpaired) electrons. The standard InChI is InChI=1S/C25H31ClN2O4/c1-16(2)10-11-27-24(29)22-15-28(25(30)17-6-5-7-18(26)12-17)14-21(22)20-9-8-19(31-3)13-23(20)32-4/h5-9,12-13,16,21-22H,10-11,14-15H2,1-4H3,(H,27,29)/t21-,22-/m1/s1. The van der Waals surface area contributed by atoms with Gasteiger partial charge >= 0.3 is 0 Å². The molecule has 0 saturated carbocycles. The Bertz CT molecular complexity index is 963. The highest BCUT2D eigenvalue weighted by Gasteiger charge is 2.41. The van der Waals surface area contributed by atoms with Crippen LogP contribution in [0.1, 0.15) is 42.1 Å². The van der Waals surface area contributed by atoms with E-state index >= 15 is 0 Å². The highest BCUT2D eigenvalue weighted by molar-refractivity contribution is 6.30. The molecule has 1 aliphatic heterocycles. The number of hydrogen-bond donors (Lipinski definition) is 1. The number of benzene rings is 2. The molecular formula is C25H31ClN2O4. The predicted molar refractivity (Wildman–Crippen MR) is 126 cm³/mol.